The number of fused-ring (bicyclic) bond motifs is 1. The highest BCUT2D eigenvalue weighted by Crippen LogP contribution is 2.35. The SMILES string of the molecule is CC(C)OCCCNC(=O)c1cc(Oc2ccc3c(c2)C(C(=O)O)CN3)ccn1. The average molecular weight is 399 g/mol. The number of pyridine rings is 1. The molecule has 29 heavy (non-hydrogen) atoms. The Balaban J connectivity index is 1.61. The van der Waals surface area contributed by atoms with Crippen LogP contribution in [0.5, 0.6) is 11.5 Å². The molecule has 1 aromatic carbocycles. The normalized spacial score (nSPS) is 14.9. The molecule has 0 bridgehead atoms. The molecule has 1 amide bonds. The van der Waals surface area contributed by atoms with E-state index in [1.54, 1.807) is 30.3 Å². The van der Waals surface area contributed by atoms with Crippen LogP contribution in [0.25, 0.3) is 0 Å². The summed E-state index contributed by atoms with van der Waals surface area (Å²) in [5, 5.41) is 15.2. The van der Waals surface area contributed by atoms with Crippen LogP contribution in [0.15, 0.2) is 36.5 Å². The highest BCUT2D eigenvalue weighted by molar-refractivity contribution is 5.92. The number of aliphatic carboxylic acids is 1. The third-order valence-electron chi connectivity index (χ3n) is 4.45. The first-order valence-electron chi connectivity index (χ1n) is 9.58. The molecule has 154 valence electrons. The predicted octanol–water partition coefficient (Wildman–Crippen LogP) is 3.01. The molecule has 0 radical (unpaired) electrons. The Bertz CT molecular complexity index is 884. The summed E-state index contributed by atoms with van der Waals surface area (Å²) >= 11 is 0. The minimum Gasteiger partial charge on any atom is -0.481 e. The number of hydrogen-bond donors (Lipinski definition) is 3. The zero-order valence-electron chi connectivity index (χ0n) is 16.5. The second-order valence-corrected chi connectivity index (χ2v) is 7.03. The summed E-state index contributed by atoms with van der Waals surface area (Å²) in [6.45, 7) is 5.36. The molecule has 1 aromatic heterocycles. The molecule has 0 spiro atoms. The highest BCUT2D eigenvalue weighted by atomic mass is 16.5. The van der Waals surface area contributed by atoms with E-state index in [0.717, 1.165) is 5.69 Å². The number of aromatic nitrogens is 1. The first kappa shape index (κ1) is 20.6. The average Bonchev–Trinajstić information content (AvgIpc) is 3.11. The Morgan fingerprint density at radius 1 is 1.28 bits per heavy atom. The second kappa shape index (κ2) is 9.38. The number of carboxylic acids is 1. The summed E-state index contributed by atoms with van der Waals surface area (Å²) in [5.74, 6) is -0.820. The van der Waals surface area contributed by atoms with Crippen LogP contribution >= 0.6 is 0 Å². The van der Waals surface area contributed by atoms with Crippen LogP contribution in [0.2, 0.25) is 0 Å². The van der Waals surface area contributed by atoms with Gasteiger partial charge in [-0.25, -0.2) is 0 Å². The van der Waals surface area contributed by atoms with E-state index < -0.39 is 11.9 Å². The van der Waals surface area contributed by atoms with Crippen LogP contribution in [-0.4, -0.2) is 47.8 Å². The Hall–Kier alpha value is -3.13. The largest absolute Gasteiger partial charge is 0.481 e. The van der Waals surface area contributed by atoms with Crippen LogP contribution in [0.1, 0.15) is 42.2 Å². The quantitative estimate of drug-likeness (QED) is 0.556. The molecule has 1 aliphatic heterocycles. The Morgan fingerprint density at radius 2 is 2.07 bits per heavy atom. The maximum absolute atomic E-state index is 12.3. The molecule has 1 aliphatic rings. The maximum atomic E-state index is 12.3. The molecule has 1 unspecified atom stereocenters. The molecular formula is C21H25N3O5. The number of amides is 1. The molecule has 3 N–H and O–H groups in total. The molecule has 8 nitrogen and oxygen atoms in total. The number of carboxylic acid groups (broad SMARTS) is 1. The molecular weight excluding hydrogens is 374 g/mol. The summed E-state index contributed by atoms with van der Waals surface area (Å²) < 4.78 is 11.3. The van der Waals surface area contributed by atoms with Crippen molar-refractivity contribution >= 4 is 17.6 Å². The first-order chi connectivity index (χ1) is 13.9. The van der Waals surface area contributed by atoms with Gasteiger partial charge in [-0.2, -0.15) is 0 Å². The van der Waals surface area contributed by atoms with E-state index in [-0.39, 0.29) is 17.7 Å². The lowest BCUT2D eigenvalue weighted by Gasteiger charge is -2.10. The third kappa shape index (κ3) is 5.45. The van der Waals surface area contributed by atoms with Crippen LogP contribution in [0.4, 0.5) is 5.69 Å². The smallest absolute Gasteiger partial charge is 0.312 e. The van der Waals surface area contributed by atoms with Crippen molar-refractivity contribution in [2.75, 3.05) is 25.0 Å². The highest BCUT2D eigenvalue weighted by Gasteiger charge is 2.28. The van der Waals surface area contributed by atoms with Gasteiger partial charge in [-0.05, 0) is 50.1 Å². The topological polar surface area (TPSA) is 110 Å². The standard InChI is InChI=1S/C21H25N3O5/c1-13(2)28-9-3-7-23-20(25)19-11-15(6-8-22-19)29-14-4-5-18-16(10-14)17(12-24-18)21(26)27/h4-6,8,10-11,13,17,24H,3,7,9,12H2,1-2H3,(H,23,25)(H,26,27). The lowest BCUT2D eigenvalue weighted by Crippen LogP contribution is -2.26. The second-order valence-electron chi connectivity index (χ2n) is 7.03. The number of carbonyl (C=O) groups excluding carboxylic acids is 1. The van der Waals surface area contributed by atoms with E-state index in [9.17, 15) is 14.7 Å². The number of ether oxygens (including phenoxy) is 2. The molecule has 0 saturated heterocycles. The van der Waals surface area contributed by atoms with Gasteiger partial charge < -0.3 is 25.2 Å². The molecule has 0 saturated carbocycles. The lowest BCUT2D eigenvalue weighted by molar-refractivity contribution is -0.138. The lowest BCUT2D eigenvalue weighted by atomic mass is 10.0. The minimum absolute atomic E-state index is 0.168. The van der Waals surface area contributed by atoms with Gasteiger partial charge in [0.15, 0.2) is 0 Å². The first-order valence-corrected chi connectivity index (χ1v) is 9.58. The van der Waals surface area contributed by atoms with E-state index in [1.807, 2.05) is 13.8 Å². The molecule has 2 aromatic rings. The fraction of sp³-hybridized carbons (Fsp3) is 0.381. The number of benzene rings is 1. The van der Waals surface area contributed by atoms with Crippen LogP contribution in [0, 0.1) is 0 Å². The molecule has 2 heterocycles. The molecule has 3 rings (SSSR count). The molecule has 1 atom stereocenters. The van der Waals surface area contributed by atoms with Gasteiger partial charge in [-0.3, -0.25) is 14.6 Å². The van der Waals surface area contributed by atoms with E-state index in [2.05, 4.69) is 15.6 Å². The van der Waals surface area contributed by atoms with Crippen molar-refractivity contribution in [3.05, 3.63) is 47.8 Å². The van der Waals surface area contributed by atoms with E-state index in [0.29, 0.717) is 43.2 Å². The van der Waals surface area contributed by atoms with Crippen molar-refractivity contribution in [1.82, 2.24) is 10.3 Å². The summed E-state index contributed by atoms with van der Waals surface area (Å²) in [7, 11) is 0. The summed E-state index contributed by atoms with van der Waals surface area (Å²) in [4.78, 5) is 27.7. The Labute approximate surface area is 169 Å². The number of hydrogen-bond acceptors (Lipinski definition) is 6. The van der Waals surface area contributed by atoms with Gasteiger partial charge in [-0.1, -0.05) is 0 Å². The van der Waals surface area contributed by atoms with Crippen molar-refractivity contribution < 1.29 is 24.2 Å². The summed E-state index contributed by atoms with van der Waals surface area (Å²) in [6.07, 6.45) is 2.39. The van der Waals surface area contributed by atoms with Crippen LogP contribution in [-0.2, 0) is 9.53 Å². The number of nitrogens with zero attached hydrogens (tertiary/aromatic N) is 1. The molecule has 8 heteroatoms. The zero-order chi connectivity index (χ0) is 20.8. The van der Waals surface area contributed by atoms with Crippen molar-refractivity contribution in [2.24, 2.45) is 0 Å². The summed E-state index contributed by atoms with van der Waals surface area (Å²) in [6, 6.07) is 8.46. The number of nitrogens with one attached hydrogen (secondary N) is 2. The van der Waals surface area contributed by atoms with Gasteiger partial charge in [0.25, 0.3) is 5.91 Å². The van der Waals surface area contributed by atoms with Gasteiger partial charge in [0.1, 0.15) is 23.1 Å². The predicted molar refractivity (Wildman–Crippen MR) is 108 cm³/mol. The summed E-state index contributed by atoms with van der Waals surface area (Å²) in [5.41, 5.74) is 1.73. The van der Waals surface area contributed by atoms with Gasteiger partial charge in [0.05, 0.1) is 6.10 Å². The number of rotatable bonds is 9. The fourth-order valence-electron chi connectivity index (χ4n) is 3.01. The van der Waals surface area contributed by atoms with Crippen molar-refractivity contribution in [1.29, 1.82) is 0 Å². The van der Waals surface area contributed by atoms with Gasteiger partial charge in [-0.15, -0.1) is 0 Å². The van der Waals surface area contributed by atoms with Crippen molar-refractivity contribution in [3.63, 3.8) is 0 Å². The van der Waals surface area contributed by atoms with Gasteiger partial charge >= 0.3 is 5.97 Å². The van der Waals surface area contributed by atoms with E-state index in [4.69, 9.17) is 9.47 Å². The monoisotopic (exact) mass is 399 g/mol. The van der Waals surface area contributed by atoms with E-state index in [1.165, 1.54) is 6.20 Å². The Morgan fingerprint density at radius 3 is 2.83 bits per heavy atom. The Kier molecular flexibility index (Phi) is 6.66. The maximum Gasteiger partial charge on any atom is 0.312 e. The van der Waals surface area contributed by atoms with Crippen molar-refractivity contribution in [3.8, 4) is 11.5 Å². The fourth-order valence-corrected chi connectivity index (χ4v) is 3.01. The van der Waals surface area contributed by atoms with Crippen LogP contribution in [0.3, 0.4) is 0 Å². The molecule has 0 fully saturated rings. The van der Waals surface area contributed by atoms with Gasteiger partial charge in [0.2, 0.25) is 0 Å². The van der Waals surface area contributed by atoms with Crippen molar-refractivity contribution in [2.45, 2.75) is 32.3 Å². The molecule has 0 aliphatic carbocycles. The third-order valence-corrected chi connectivity index (χ3v) is 4.45. The van der Waals surface area contributed by atoms with E-state index >= 15 is 0 Å². The van der Waals surface area contributed by atoms with Gasteiger partial charge in [0, 0.05) is 37.6 Å². The number of carbonyl (C=O) groups is 2. The van der Waals surface area contributed by atoms with Crippen LogP contribution < -0.4 is 15.4 Å². The minimum atomic E-state index is -0.880. The number of anilines is 1. The zero-order valence-corrected chi connectivity index (χ0v) is 16.5.